The van der Waals surface area contributed by atoms with Gasteiger partial charge in [-0.25, -0.2) is 5.48 Å². The Labute approximate surface area is 283 Å². The summed E-state index contributed by atoms with van der Waals surface area (Å²) < 4.78 is 0. The second kappa shape index (κ2) is 16.8. The second-order valence-electron chi connectivity index (χ2n) is 12.0. The Morgan fingerprint density at radius 3 is 2.14 bits per heavy atom. The number of carbonyl (C=O) groups is 3. The summed E-state index contributed by atoms with van der Waals surface area (Å²) in [7, 11) is 0. The number of benzene rings is 4. The van der Waals surface area contributed by atoms with Gasteiger partial charge in [0.25, 0.3) is 5.69 Å². The van der Waals surface area contributed by atoms with E-state index in [-0.39, 0.29) is 24.4 Å². The van der Waals surface area contributed by atoms with Crippen LogP contribution in [0.3, 0.4) is 0 Å². The number of non-ortho nitro benzene ring substituents is 1. The average Bonchev–Trinajstić information content (AvgIpc) is 3.54. The lowest BCUT2D eigenvalue weighted by Crippen LogP contribution is -2.50. The maximum absolute atomic E-state index is 13.7. The third-order valence-electron chi connectivity index (χ3n) is 8.60. The van der Waals surface area contributed by atoms with E-state index in [1.165, 1.54) is 12.1 Å². The summed E-state index contributed by atoms with van der Waals surface area (Å²) in [5.74, 6) is -2.24. The monoisotopic (exact) mass is 661 g/mol. The van der Waals surface area contributed by atoms with Gasteiger partial charge in [0.1, 0.15) is 6.04 Å². The number of aryl methyl sites for hydroxylation is 1. The Bertz CT molecular complexity index is 1870. The molecule has 11 heteroatoms. The van der Waals surface area contributed by atoms with Crippen molar-refractivity contribution in [1.29, 1.82) is 0 Å². The summed E-state index contributed by atoms with van der Waals surface area (Å²) in [5.41, 5.74) is 7.32. The number of para-hydroxylation sites is 1. The number of fused-ring (bicyclic) bond motifs is 1. The number of nitro groups is 1. The molecule has 2 atom stereocenters. The zero-order valence-electron chi connectivity index (χ0n) is 26.9. The molecule has 0 fully saturated rings. The molecule has 0 aliphatic carbocycles. The minimum absolute atomic E-state index is 0.0295. The molecule has 0 unspecified atom stereocenters. The van der Waals surface area contributed by atoms with Crippen molar-refractivity contribution in [3.63, 3.8) is 0 Å². The number of aromatic amines is 1. The van der Waals surface area contributed by atoms with Gasteiger partial charge in [0.2, 0.25) is 17.7 Å². The number of hydroxylamine groups is 1. The molecule has 1 heterocycles. The number of rotatable bonds is 16. The second-order valence-corrected chi connectivity index (χ2v) is 12.0. The van der Waals surface area contributed by atoms with Gasteiger partial charge in [-0.05, 0) is 71.7 Å². The first-order chi connectivity index (χ1) is 23.8. The van der Waals surface area contributed by atoms with Crippen LogP contribution in [0.25, 0.3) is 22.0 Å². The van der Waals surface area contributed by atoms with Gasteiger partial charge in [0, 0.05) is 54.5 Å². The minimum Gasteiger partial charge on any atom is -0.361 e. The van der Waals surface area contributed by atoms with Crippen LogP contribution in [0.1, 0.15) is 36.0 Å². The van der Waals surface area contributed by atoms with Gasteiger partial charge >= 0.3 is 0 Å². The molecule has 252 valence electrons. The highest BCUT2D eigenvalue weighted by atomic mass is 16.6. The fourth-order valence-corrected chi connectivity index (χ4v) is 5.90. The van der Waals surface area contributed by atoms with Crippen molar-refractivity contribution >= 4 is 34.3 Å². The van der Waals surface area contributed by atoms with E-state index in [9.17, 15) is 29.7 Å². The lowest BCUT2D eigenvalue weighted by atomic mass is 9.94. The first-order valence-electron chi connectivity index (χ1n) is 16.2. The molecule has 0 bridgehead atoms. The van der Waals surface area contributed by atoms with Gasteiger partial charge in [-0.1, -0.05) is 72.8 Å². The van der Waals surface area contributed by atoms with Crippen LogP contribution in [0.15, 0.2) is 109 Å². The number of H-pyrrole nitrogens is 1. The number of nitrogens with zero attached hydrogens (tertiary/aromatic N) is 1. The molecule has 0 aliphatic heterocycles. The van der Waals surface area contributed by atoms with Crippen molar-refractivity contribution in [2.24, 2.45) is 5.92 Å². The van der Waals surface area contributed by atoms with Crippen LogP contribution >= 0.6 is 0 Å². The summed E-state index contributed by atoms with van der Waals surface area (Å²) in [5, 5.41) is 27.0. The summed E-state index contributed by atoms with van der Waals surface area (Å²) >= 11 is 0. The zero-order chi connectivity index (χ0) is 34.6. The molecule has 49 heavy (non-hydrogen) atoms. The van der Waals surface area contributed by atoms with Gasteiger partial charge < -0.3 is 15.6 Å². The van der Waals surface area contributed by atoms with Crippen molar-refractivity contribution < 1.29 is 24.5 Å². The number of amides is 3. The van der Waals surface area contributed by atoms with Crippen LogP contribution in [-0.4, -0.2) is 45.4 Å². The predicted molar refractivity (Wildman–Crippen MR) is 187 cm³/mol. The van der Waals surface area contributed by atoms with Crippen LogP contribution < -0.4 is 16.1 Å². The average molecular weight is 662 g/mol. The molecular formula is C38H39N5O6. The van der Waals surface area contributed by atoms with Gasteiger partial charge in [-0.3, -0.25) is 29.7 Å². The lowest BCUT2D eigenvalue weighted by Gasteiger charge is -2.22. The number of aromatic nitrogens is 1. The van der Waals surface area contributed by atoms with Gasteiger partial charge in [0.15, 0.2) is 0 Å². The molecule has 3 amide bonds. The van der Waals surface area contributed by atoms with E-state index in [0.29, 0.717) is 32.2 Å². The summed E-state index contributed by atoms with van der Waals surface area (Å²) in [6, 6.07) is 30.8. The van der Waals surface area contributed by atoms with Gasteiger partial charge in [-0.15, -0.1) is 0 Å². The van der Waals surface area contributed by atoms with Crippen LogP contribution in [0.4, 0.5) is 5.69 Å². The van der Waals surface area contributed by atoms with Crippen molar-refractivity contribution in [1.82, 2.24) is 21.1 Å². The normalized spacial score (nSPS) is 12.2. The predicted octanol–water partition coefficient (Wildman–Crippen LogP) is 5.66. The molecule has 0 radical (unpaired) electrons. The van der Waals surface area contributed by atoms with Crippen LogP contribution in [0.5, 0.6) is 0 Å². The Morgan fingerprint density at radius 1 is 0.796 bits per heavy atom. The Kier molecular flexibility index (Phi) is 11.9. The topological polar surface area (TPSA) is 166 Å². The number of carbonyl (C=O) groups excluding carboxylic acids is 3. The Morgan fingerprint density at radius 2 is 1.45 bits per heavy atom. The highest BCUT2D eigenvalue weighted by Crippen LogP contribution is 2.24. The Hall–Kier alpha value is -5.81. The molecule has 0 saturated carbocycles. The maximum Gasteiger partial charge on any atom is 0.269 e. The van der Waals surface area contributed by atoms with Crippen molar-refractivity contribution in [2.45, 2.75) is 44.6 Å². The third kappa shape index (κ3) is 9.61. The highest BCUT2D eigenvalue weighted by Gasteiger charge is 2.28. The first kappa shape index (κ1) is 34.5. The standard InChI is InChI=1S/C38H39N5O6/c44-36(42-47)24-30(10-6-9-27-13-15-28(16-14-27)29-17-19-32(20-18-29)43(48)49)37(45)41-35(23-31-25-40-34-12-5-4-11-33(31)34)38(46)39-22-21-26-7-2-1-3-8-26/h1-5,7-8,11-20,25,30,35,40,47H,6,9-10,21-24H2,(H,39,46)(H,41,45)(H,42,44)/t30-,35+/m0/s1. The number of hydrogen-bond donors (Lipinski definition) is 5. The molecule has 1 aromatic heterocycles. The van der Waals surface area contributed by atoms with E-state index in [0.717, 1.165) is 38.7 Å². The fraction of sp³-hybridized carbons (Fsp3) is 0.237. The van der Waals surface area contributed by atoms with E-state index < -0.39 is 28.7 Å². The Balaban J connectivity index is 1.24. The van der Waals surface area contributed by atoms with Crippen LogP contribution in [-0.2, 0) is 33.6 Å². The number of nitro benzene ring substituents is 1. The molecule has 0 saturated heterocycles. The van der Waals surface area contributed by atoms with Crippen molar-refractivity contribution in [3.05, 3.63) is 136 Å². The van der Waals surface area contributed by atoms with Gasteiger partial charge in [0.05, 0.1) is 4.92 Å². The molecule has 5 rings (SSSR count). The van der Waals surface area contributed by atoms with Crippen LogP contribution in [0, 0.1) is 16.0 Å². The number of nitrogens with one attached hydrogen (secondary N) is 4. The largest absolute Gasteiger partial charge is 0.361 e. The fourth-order valence-electron chi connectivity index (χ4n) is 5.90. The molecule has 5 N–H and O–H groups in total. The molecule has 0 aliphatic rings. The number of hydrogen-bond acceptors (Lipinski definition) is 6. The molecule has 4 aromatic carbocycles. The SMILES string of the molecule is O=C(C[C@H](CCCc1ccc(-c2ccc([N+](=O)[O-])cc2)cc1)C(=O)N[C@H](Cc1c[nH]c2ccccc12)C(=O)NCCc1ccccc1)NO. The van der Waals surface area contributed by atoms with Gasteiger partial charge in [-0.2, -0.15) is 0 Å². The first-order valence-corrected chi connectivity index (χ1v) is 16.2. The molecular weight excluding hydrogens is 622 g/mol. The zero-order valence-corrected chi connectivity index (χ0v) is 26.9. The van der Waals surface area contributed by atoms with E-state index in [1.54, 1.807) is 17.6 Å². The molecule has 11 nitrogen and oxygen atoms in total. The molecule has 0 spiro atoms. The quantitative estimate of drug-likeness (QED) is 0.0520. The van der Waals surface area contributed by atoms with E-state index in [1.807, 2.05) is 85.1 Å². The highest BCUT2D eigenvalue weighted by molar-refractivity contribution is 5.91. The minimum atomic E-state index is -0.894. The van der Waals surface area contributed by atoms with Crippen molar-refractivity contribution in [3.8, 4) is 11.1 Å². The maximum atomic E-state index is 13.7. The smallest absolute Gasteiger partial charge is 0.269 e. The summed E-state index contributed by atoms with van der Waals surface area (Å²) in [6.45, 7) is 0.391. The van der Waals surface area contributed by atoms with Crippen molar-refractivity contribution in [2.75, 3.05) is 6.54 Å². The summed E-state index contributed by atoms with van der Waals surface area (Å²) in [6.07, 6.45) is 4.02. The van der Waals surface area contributed by atoms with E-state index in [4.69, 9.17) is 0 Å². The third-order valence-corrected chi connectivity index (χ3v) is 8.60. The lowest BCUT2D eigenvalue weighted by molar-refractivity contribution is -0.384. The van der Waals surface area contributed by atoms with E-state index in [2.05, 4.69) is 15.6 Å². The van der Waals surface area contributed by atoms with E-state index >= 15 is 0 Å². The van der Waals surface area contributed by atoms with Crippen LogP contribution in [0.2, 0.25) is 0 Å². The summed E-state index contributed by atoms with van der Waals surface area (Å²) in [4.78, 5) is 53.2. The molecule has 5 aromatic rings.